The van der Waals surface area contributed by atoms with E-state index in [4.69, 9.17) is 14.2 Å². The first-order valence-electron chi connectivity index (χ1n) is 8.83. The molecule has 0 atom stereocenters. The van der Waals surface area contributed by atoms with Crippen LogP contribution in [0.2, 0.25) is 0 Å². The van der Waals surface area contributed by atoms with E-state index in [0.717, 1.165) is 22.7 Å². The smallest absolute Gasteiger partial charge is 0.229 e. The summed E-state index contributed by atoms with van der Waals surface area (Å²) in [6.45, 7) is 2.51. The maximum Gasteiger partial charge on any atom is 0.229 e. The van der Waals surface area contributed by atoms with Gasteiger partial charge in [0.15, 0.2) is 0 Å². The summed E-state index contributed by atoms with van der Waals surface area (Å²) in [6, 6.07) is 15.3. The Hall–Kier alpha value is -3.48. The minimum absolute atomic E-state index is 0.467. The Labute approximate surface area is 164 Å². The molecule has 0 aliphatic carbocycles. The number of aromatic nitrogens is 2. The molecule has 0 saturated heterocycles. The van der Waals surface area contributed by atoms with Crippen LogP contribution in [0, 0.1) is 6.92 Å². The highest BCUT2D eigenvalue weighted by Crippen LogP contribution is 2.31. The standard InChI is InChI=1S/C21H24N4O3/c1-14-11-20(22-13-15-7-5-6-8-18(15)27-3)25-21(23-14)24-17-12-16(26-2)9-10-19(17)28-4/h5-12H,13H2,1-4H3,(H2,22,23,24,25). The molecule has 1 heterocycles. The molecule has 0 unspecified atom stereocenters. The van der Waals surface area contributed by atoms with Crippen LogP contribution in [0.25, 0.3) is 0 Å². The van der Waals surface area contributed by atoms with Crippen molar-refractivity contribution in [3.05, 3.63) is 59.8 Å². The fourth-order valence-electron chi connectivity index (χ4n) is 2.78. The minimum atomic E-state index is 0.467. The lowest BCUT2D eigenvalue weighted by atomic mass is 10.2. The Morgan fingerprint density at radius 2 is 1.64 bits per heavy atom. The van der Waals surface area contributed by atoms with Crippen molar-refractivity contribution < 1.29 is 14.2 Å². The van der Waals surface area contributed by atoms with E-state index in [9.17, 15) is 0 Å². The van der Waals surface area contributed by atoms with Crippen LogP contribution in [0.4, 0.5) is 17.5 Å². The van der Waals surface area contributed by atoms with Crippen molar-refractivity contribution >= 4 is 17.5 Å². The maximum absolute atomic E-state index is 5.41. The highest BCUT2D eigenvalue weighted by molar-refractivity contribution is 5.65. The molecule has 28 heavy (non-hydrogen) atoms. The van der Waals surface area contributed by atoms with Crippen LogP contribution in [-0.4, -0.2) is 31.3 Å². The van der Waals surface area contributed by atoms with Gasteiger partial charge in [-0.2, -0.15) is 4.98 Å². The molecule has 3 aromatic rings. The Kier molecular flexibility index (Phi) is 6.16. The molecule has 0 radical (unpaired) electrons. The van der Waals surface area contributed by atoms with Crippen LogP contribution >= 0.6 is 0 Å². The van der Waals surface area contributed by atoms with Gasteiger partial charge >= 0.3 is 0 Å². The summed E-state index contributed by atoms with van der Waals surface area (Å²) in [7, 11) is 4.90. The lowest BCUT2D eigenvalue weighted by Gasteiger charge is -2.14. The third-order valence-corrected chi connectivity index (χ3v) is 4.16. The molecular formula is C21H24N4O3. The fourth-order valence-corrected chi connectivity index (χ4v) is 2.78. The van der Waals surface area contributed by atoms with Gasteiger partial charge in [0.2, 0.25) is 5.95 Å². The lowest BCUT2D eigenvalue weighted by Crippen LogP contribution is -2.07. The van der Waals surface area contributed by atoms with Gasteiger partial charge in [0.05, 0.1) is 27.0 Å². The fraction of sp³-hybridized carbons (Fsp3) is 0.238. The van der Waals surface area contributed by atoms with Crippen LogP contribution in [0.15, 0.2) is 48.5 Å². The predicted molar refractivity (Wildman–Crippen MR) is 110 cm³/mol. The molecule has 1 aromatic heterocycles. The zero-order valence-electron chi connectivity index (χ0n) is 16.4. The summed E-state index contributed by atoms with van der Waals surface area (Å²) >= 11 is 0. The van der Waals surface area contributed by atoms with Gasteiger partial charge in [0.1, 0.15) is 23.1 Å². The normalized spacial score (nSPS) is 10.3. The number of nitrogens with zero attached hydrogens (tertiary/aromatic N) is 2. The number of anilines is 3. The molecule has 0 saturated carbocycles. The molecule has 0 aliphatic heterocycles. The van der Waals surface area contributed by atoms with Crippen molar-refractivity contribution in [1.82, 2.24) is 9.97 Å². The Morgan fingerprint density at radius 1 is 0.857 bits per heavy atom. The molecule has 0 aliphatic rings. The number of nitrogens with one attached hydrogen (secondary N) is 2. The monoisotopic (exact) mass is 380 g/mol. The van der Waals surface area contributed by atoms with Gasteiger partial charge in [-0.25, -0.2) is 4.98 Å². The predicted octanol–water partition coefficient (Wildman–Crippen LogP) is 4.17. The summed E-state index contributed by atoms with van der Waals surface area (Å²) in [5.41, 5.74) is 2.61. The number of benzene rings is 2. The average molecular weight is 380 g/mol. The van der Waals surface area contributed by atoms with Crippen molar-refractivity contribution in [2.75, 3.05) is 32.0 Å². The number of hydrogen-bond donors (Lipinski definition) is 2. The van der Waals surface area contributed by atoms with E-state index in [1.165, 1.54) is 0 Å². The van der Waals surface area contributed by atoms with E-state index < -0.39 is 0 Å². The summed E-state index contributed by atoms with van der Waals surface area (Å²) in [4.78, 5) is 9.03. The van der Waals surface area contributed by atoms with Crippen LogP contribution in [0.1, 0.15) is 11.3 Å². The zero-order valence-corrected chi connectivity index (χ0v) is 16.4. The second kappa shape index (κ2) is 8.94. The Bertz CT molecular complexity index is 947. The summed E-state index contributed by atoms with van der Waals surface area (Å²) in [5, 5.41) is 6.53. The third-order valence-electron chi connectivity index (χ3n) is 4.16. The van der Waals surface area contributed by atoms with Gasteiger partial charge < -0.3 is 24.8 Å². The first kappa shape index (κ1) is 19.3. The number of ether oxygens (including phenoxy) is 3. The Morgan fingerprint density at radius 3 is 2.39 bits per heavy atom. The van der Waals surface area contributed by atoms with Crippen molar-refractivity contribution in [3.8, 4) is 17.2 Å². The highest BCUT2D eigenvalue weighted by Gasteiger charge is 2.09. The highest BCUT2D eigenvalue weighted by atomic mass is 16.5. The molecule has 7 heteroatoms. The summed E-state index contributed by atoms with van der Waals surface area (Å²) in [6.07, 6.45) is 0. The average Bonchev–Trinajstić information content (AvgIpc) is 2.72. The quantitative estimate of drug-likeness (QED) is 0.607. The summed E-state index contributed by atoms with van der Waals surface area (Å²) < 4.78 is 16.1. The molecule has 3 rings (SSSR count). The molecule has 0 bridgehead atoms. The molecule has 2 aromatic carbocycles. The van der Waals surface area contributed by atoms with E-state index in [1.54, 1.807) is 21.3 Å². The first-order valence-corrected chi connectivity index (χ1v) is 8.83. The van der Waals surface area contributed by atoms with E-state index in [1.807, 2.05) is 55.5 Å². The maximum atomic E-state index is 5.41. The second-order valence-corrected chi connectivity index (χ2v) is 6.07. The van der Waals surface area contributed by atoms with Gasteiger partial charge in [0, 0.05) is 29.9 Å². The largest absolute Gasteiger partial charge is 0.497 e. The lowest BCUT2D eigenvalue weighted by molar-refractivity contribution is 0.405. The number of methoxy groups -OCH3 is 3. The number of hydrogen-bond acceptors (Lipinski definition) is 7. The van der Waals surface area contributed by atoms with Crippen LogP contribution < -0.4 is 24.8 Å². The van der Waals surface area contributed by atoms with E-state index in [2.05, 4.69) is 20.6 Å². The van der Waals surface area contributed by atoms with Crippen molar-refractivity contribution in [1.29, 1.82) is 0 Å². The molecule has 2 N–H and O–H groups in total. The van der Waals surface area contributed by atoms with Gasteiger partial charge in [0.25, 0.3) is 0 Å². The number of aryl methyl sites for hydroxylation is 1. The van der Waals surface area contributed by atoms with Crippen LogP contribution in [0.3, 0.4) is 0 Å². The van der Waals surface area contributed by atoms with Gasteiger partial charge in [-0.15, -0.1) is 0 Å². The molecule has 7 nitrogen and oxygen atoms in total. The van der Waals surface area contributed by atoms with Gasteiger partial charge in [-0.1, -0.05) is 18.2 Å². The van der Waals surface area contributed by atoms with Crippen molar-refractivity contribution in [2.24, 2.45) is 0 Å². The number of para-hydroxylation sites is 1. The van der Waals surface area contributed by atoms with E-state index in [0.29, 0.717) is 29.8 Å². The molecule has 0 spiro atoms. The van der Waals surface area contributed by atoms with Gasteiger partial charge in [-0.05, 0) is 25.1 Å². The van der Waals surface area contributed by atoms with Gasteiger partial charge in [-0.3, -0.25) is 0 Å². The van der Waals surface area contributed by atoms with Crippen molar-refractivity contribution in [2.45, 2.75) is 13.5 Å². The molecule has 146 valence electrons. The SMILES string of the molecule is COc1ccc(OC)c(Nc2nc(C)cc(NCc3ccccc3OC)n2)c1. The molecule has 0 amide bonds. The Balaban J connectivity index is 1.80. The van der Waals surface area contributed by atoms with Crippen molar-refractivity contribution in [3.63, 3.8) is 0 Å². The molecular weight excluding hydrogens is 356 g/mol. The number of rotatable bonds is 8. The topological polar surface area (TPSA) is 77.5 Å². The minimum Gasteiger partial charge on any atom is -0.497 e. The third kappa shape index (κ3) is 4.62. The summed E-state index contributed by atoms with van der Waals surface area (Å²) in [5.74, 6) is 3.40. The molecule has 0 fully saturated rings. The first-order chi connectivity index (χ1) is 13.6. The van der Waals surface area contributed by atoms with Crippen LogP contribution in [-0.2, 0) is 6.54 Å². The zero-order chi connectivity index (χ0) is 19.9. The second-order valence-electron chi connectivity index (χ2n) is 6.07. The van der Waals surface area contributed by atoms with E-state index in [-0.39, 0.29) is 0 Å². The van der Waals surface area contributed by atoms with E-state index >= 15 is 0 Å². The van der Waals surface area contributed by atoms with Crippen LogP contribution in [0.5, 0.6) is 17.2 Å².